The fourth-order valence-electron chi connectivity index (χ4n) is 2.97. The molecule has 0 aromatic heterocycles. The summed E-state index contributed by atoms with van der Waals surface area (Å²) in [5.74, 6) is 0.320. The standard InChI is InChI=1S/C14H19FN2O/c1-2-5-17-13-6-11(15)3-4-12(13)16-7-10-8-18-9-14(10)17/h3-4,6,10,14,16H,2,5,7-9H2,1H3. The number of nitrogens with one attached hydrogen (secondary N) is 1. The Kier molecular flexibility index (Phi) is 3.12. The van der Waals surface area contributed by atoms with Gasteiger partial charge in [0.15, 0.2) is 0 Å². The second kappa shape index (κ2) is 4.76. The molecule has 1 saturated heterocycles. The highest BCUT2D eigenvalue weighted by Gasteiger charge is 2.36. The number of hydrogen-bond donors (Lipinski definition) is 1. The Labute approximate surface area is 107 Å². The van der Waals surface area contributed by atoms with Gasteiger partial charge in [0, 0.05) is 19.0 Å². The van der Waals surface area contributed by atoms with Crippen LogP contribution < -0.4 is 10.2 Å². The average Bonchev–Trinajstić information content (AvgIpc) is 2.78. The number of ether oxygens (including phenoxy) is 1. The van der Waals surface area contributed by atoms with Gasteiger partial charge < -0.3 is 15.0 Å². The van der Waals surface area contributed by atoms with Gasteiger partial charge in [-0.2, -0.15) is 0 Å². The number of nitrogens with zero attached hydrogens (tertiary/aromatic N) is 1. The van der Waals surface area contributed by atoms with Crippen LogP contribution in [0.1, 0.15) is 13.3 Å². The number of halogens is 1. The van der Waals surface area contributed by atoms with Gasteiger partial charge >= 0.3 is 0 Å². The Hall–Kier alpha value is -1.29. The largest absolute Gasteiger partial charge is 0.383 e. The minimum absolute atomic E-state index is 0.172. The zero-order valence-electron chi connectivity index (χ0n) is 10.7. The van der Waals surface area contributed by atoms with Crippen molar-refractivity contribution in [1.29, 1.82) is 0 Å². The van der Waals surface area contributed by atoms with Crippen molar-refractivity contribution in [3.05, 3.63) is 24.0 Å². The topological polar surface area (TPSA) is 24.5 Å². The van der Waals surface area contributed by atoms with Gasteiger partial charge in [0.2, 0.25) is 0 Å². The molecule has 0 bridgehead atoms. The van der Waals surface area contributed by atoms with E-state index in [1.54, 1.807) is 6.07 Å². The Morgan fingerprint density at radius 1 is 1.44 bits per heavy atom. The van der Waals surface area contributed by atoms with Crippen LogP contribution in [0.3, 0.4) is 0 Å². The van der Waals surface area contributed by atoms with E-state index in [4.69, 9.17) is 4.74 Å². The Morgan fingerprint density at radius 2 is 2.33 bits per heavy atom. The number of hydrogen-bond acceptors (Lipinski definition) is 3. The summed E-state index contributed by atoms with van der Waals surface area (Å²) >= 11 is 0. The van der Waals surface area contributed by atoms with Crippen LogP contribution in [0, 0.1) is 11.7 Å². The summed E-state index contributed by atoms with van der Waals surface area (Å²) in [6.45, 7) is 5.56. The molecule has 3 nitrogen and oxygen atoms in total. The van der Waals surface area contributed by atoms with Gasteiger partial charge in [-0.25, -0.2) is 4.39 Å². The van der Waals surface area contributed by atoms with Crippen molar-refractivity contribution in [2.24, 2.45) is 5.92 Å². The first-order valence-electron chi connectivity index (χ1n) is 6.67. The first-order chi connectivity index (χ1) is 8.79. The molecule has 2 unspecified atom stereocenters. The van der Waals surface area contributed by atoms with E-state index in [0.717, 1.165) is 44.1 Å². The Bertz CT molecular complexity index is 438. The summed E-state index contributed by atoms with van der Waals surface area (Å²) in [6, 6.07) is 5.38. The van der Waals surface area contributed by atoms with Gasteiger partial charge in [0.05, 0.1) is 30.6 Å². The highest BCUT2D eigenvalue weighted by Crippen LogP contribution is 2.35. The van der Waals surface area contributed by atoms with E-state index in [2.05, 4.69) is 17.1 Å². The third kappa shape index (κ3) is 1.94. The van der Waals surface area contributed by atoms with Gasteiger partial charge in [-0.15, -0.1) is 0 Å². The van der Waals surface area contributed by atoms with Crippen LogP contribution in [-0.4, -0.2) is 32.3 Å². The van der Waals surface area contributed by atoms with Crippen LogP contribution in [0.5, 0.6) is 0 Å². The molecule has 0 spiro atoms. The van der Waals surface area contributed by atoms with Crippen molar-refractivity contribution in [3.8, 4) is 0 Å². The molecule has 0 saturated carbocycles. The van der Waals surface area contributed by atoms with Crippen molar-refractivity contribution in [3.63, 3.8) is 0 Å². The third-order valence-corrected chi connectivity index (χ3v) is 3.85. The maximum Gasteiger partial charge on any atom is 0.125 e. The summed E-state index contributed by atoms with van der Waals surface area (Å²) in [7, 11) is 0. The highest BCUT2D eigenvalue weighted by atomic mass is 19.1. The average molecular weight is 250 g/mol. The summed E-state index contributed by atoms with van der Waals surface area (Å²) in [6.07, 6.45) is 1.05. The Balaban J connectivity index is 2.01. The van der Waals surface area contributed by atoms with Crippen molar-refractivity contribution in [1.82, 2.24) is 0 Å². The highest BCUT2D eigenvalue weighted by molar-refractivity contribution is 5.71. The molecular formula is C14H19FN2O. The SMILES string of the molecule is CCCN1c2cc(F)ccc2NCC2COCC21. The van der Waals surface area contributed by atoms with Crippen LogP contribution in [0.15, 0.2) is 18.2 Å². The van der Waals surface area contributed by atoms with Crippen LogP contribution in [0.2, 0.25) is 0 Å². The third-order valence-electron chi connectivity index (χ3n) is 3.85. The lowest BCUT2D eigenvalue weighted by molar-refractivity contribution is 0.185. The minimum atomic E-state index is -0.172. The number of fused-ring (bicyclic) bond motifs is 2. The molecule has 1 aromatic carbocycles. The fourth-order valence-corrected chi connectivity index (χ4v) is 2.97. The molecule has 18 heavy (non-hydrogen) atoms. The van der Waals surface area contributed by atoms with E-state index >= 15 is 0 Å². The predicted octanol–water partition coefficient (Wildman–Crippen LogP) is 2.48. The second-order valence-electron chi connectivity index (χ2n) is 5.10. The van der Waals surface area contributed by atoms with E-state index in [1.165, 1.54) is 6.07 Å². The van der Waals surface area contributed by atoms with Crippen molar-refractivity contribution in [2.75, 3.05) is 36.5 Å². The molecular weight excluding hydrogens is 231 g/mol. The van der Waals surface area contributed by atoms with Gasteiger partial charge in [-0.1, -0.05) is 6.92 Å². The first kappa shape index (κ1) is 11.8. The molecule has 0 radical (unpaired) electrons. The maximum atomic E-state index is 13.5. The van der Waals surface area contributed by atoms with Gasteiger partial charge in [-0.05, 0) is 24.6 Å². The monoisotopic (exact) mass is 250 g/mol. The quantitative estimate of drug-likeness (QED) is 0.872. The van der Waals surface area contributed by atoms with E-state index in [9.17, 15) is 4.39 Å². The van der Waals surface area contributed by atoms with Crippen LogP contribution in [-0.2, 0) is 4.74 Å². The van der Waals surface area contributed by atoms with E-state index in [1.807, 2.05) is 6.07 Å². The molecule has 2 heterocycles. The Morgan fingerprint density at radius 3 is 3.17 bits per heavy atom. The smallest absolute Gasteiger partial charge is 0.125 e. The lowest BCUT2D eigenvalue weighted by atomic mass is 10.0. The maximum absolute atomic E-state index is 13.5. The number of rotatable bonds is 2. The number of anilines is 2. The molecule has 3 rings (SSSR count). The summed E-state index contributed by atoms with van der Waals surface area (Å²) in [4.78, 5) is 2.32. The normalized spacial score (nSPS) is 26.2. The predicted molar refractivity (Wildman–Crippen MR) is 70.6 cm³/mol. The van der Waals surface area contributed by atoms with E-state index in [-0.39, 0.29) is 5.82 Å². The van der Waals surface area contributed by atoms with Crippen molar-refractivity contribution < 1.29 is 9.13 Å². The van der Waals surface area contributed by atoms with E-state index < -0.39 is 0 Å². The van der Waals surface area contributed by atoms with Crippen molar-refractivity contribution >= 4 is 11.4 Å². The summed E-state index contributed by atoms with van der Waals surface area (Å²) in [5, 5.41) is 3.42. The van der Waals surface area contributed by atoms with Gasteiger partial charge in [-0.3, -0.25) is 0 Å². The van der Waals surface area contributed by atoms with Crippen LogP contribution >= 0.6 is 0 Å². The summed E-state index contributed by atoms with van der Waals surface area (Å²) in [5.41, 5.74) is 2.02. The number of benzene rings is 1. The molecule has 2 aliphatic heterocycles. The van der Waals surface area contributed by atoms with Crippen molar-refractivity contribution in [2.45, 2.75) is 19.4 Å². The molecule has 2 aliphatic rings. The minimum Gasteiger partial charge on any atom is -0.383 e. The molecule has 1 aromatic rings. The molecule has 0 amide bonds. The molecule has 4 heteroatoms. The summed E-state index contributed by atoms with van der Waals surface area (Å²) < 4.78 is 19.1. The van der Waals surface area contributed by atoms with E-state index in [0.29, 0.717) is 12.0 Å². The zero-order chi connectivity index (χ0) is 12.5. The van der Waals surface area contributed by atoms with Crippen LogP contribution in [0.4, 0.5) is 15.8 Å². The van der Waals surface area contributed by atoms with Gasteiger partial charge in [0.1, 0.15) is 5.82 Å². The first-order valence-corrected chi connectivity index (χ1v) is 6.67. The molecule has 98 valence electrons. The molecule has 0 aliphatic carbocycles. The van der Waals surface area contributed by atoms with Gasteiger partial charge in [0.25, 0.3) is 0 Å². The zero-order valence-corrected chi connectivity index (χ0v) is 10.7. The molecule has 1 fully saturated rings. The lowest BCUT2D eigenvalue weighted by Gasteiger charge is -2.31. The molecule has 1 N–H and O–H groups in total. The second-order valence-corrected chi connectivity index (χ2v) is 5.10. The molecule has 2 atom stereocenters. The fraction of sp³-hybridized carbons (Fsp3) is 0.571. The lowest BCUT2D eigenvalue weighted by Crippen LogP contribution is -2.41. The van der Waals surface area contributed by atoms with Crippen LogP contribution in [0.25, 0.3) is 0 Å².